The quantitative estimate of drug-likeness (QED) is 0.178. The molecule has 0 aromatic rings. The summed E-state index contributed by atoms with van der Waals surface area (Å²) in [6, 6.07) is 0. The summed E-state index contributed by atoms with van der Waals surface area (Å²) in [7, 11) is 0. The standard InChI is InChI=1S/C16F26/c17-5(18,7(21,22)9(25,26)11(29,30)13(33,34)15(37,38)39)3-1-2-4-6(19,20)8(23,24)10(27,28)12(31,32)14(35,36)16(40,41)42. The third-order valence-corrected chi connectivity index (χ3v) is 4.37. The van der Waals surface area contributed by atoms with Crippen LogP contribution in [0.5, 0.6) is 0 Å². The monoisotopic (exact) mass is 686 g/mol. The number of alkyl halides is 26. The van der Waals surface area contributed by atoms with Crippen molar-refractivity contribution in [2.45, 2.75) is 71.6 Å². The summed E-state index contributed by atoms with van der Waals surface area (Å²) >= 11 is 0. The van der Waals surface area contributed by atoms with Gasteiger partial charge in [0, 0.05) is 0 Å². The van der Waals surface area contributed by atoms with Crippen LogP contribution in [0.3, 0.4) is 0 Å². The van der Waals surface area contributed by atoms with Crippen LogP contribution in [0.4, 0.5) is 114 Å². The lowest BCUT2D eigenvalue weighted by molar-refractivity contribution is -0.435. The van der Waals surface area contributed by atoms with E-state index in [1.165, 1.54) is 0 Å². The summed E-state index contributed by atoms with van der Waals surface area (Å²) in [5, 5.41) is 0. The molecule has 0 N–H and O–H groups in total. The zero-order chi connectivity index (χ0) is 34.8. The van der Waals surface area contributed by atoms with E-state index in [-0.39, 0.29) is 0 Å². The highest BCUT2D eigenvalue weighted by atomic mass is 19.4. The van der Waals surface area contributed by atoms with Gasteiger partial charge in [0.05, 0.1) is 0 Å². The van der Waals surface area contributed by atoms with E-state index in [1.807, 2.05) is 0 Å². The lowest BCUT2D eigenvalue weighted by Gasteiger charge is -2.38. The zero-order valence-electron chi connectivity index (χ0n) is 17.8. The molecule has 0 aliphatic heterocycles. The molecule has 0 unspecified atom stereocenters. The smallest absolute Gasteiger partial charge is 0.192 e. The summed E-state index contributed by atoms with van der Waals surface area (Å²) < 4.78 is 333. The first-order valence-corrected chi connectivity index (χ1v) is 8.66. The molecule has 0 nitrogen and oxygen atoms in total. The van der Waals surface area contributed by atoms with Crippen molar-refractivity contribution < 1.29 is 114 Å². The van der Waals surface area contributed by atoms with Gasteiger partial charge in [-0.15, -0.1) is 0 Å². The Morgan fingerprint density at radius 2 is 0.381 bits per heavy atom. The molecule has 0 amide bonds. The fourth-order valence-electron chi connectivity index (χ4n) is 1.92. The number of hydrogen-bond acceptors (Lipinski definition) is 0. The van der Waals surface area contributed by atoms with Crippen molar-refractivity contribution in [1.29, 1.82) is 0 Å². The Labute approximate surface area is 211 Å². The first-order chi connectivity index (χ1) is 17.7. The van der Waals surface area contributed by atoms with Gasteiger partial charge in [0.1, 0.15) is 0 Å². The Bertz CT molecular complexity index is 1030. The molecule has 0 bridgehead atoms. The summed E-state index contributed by atoms with van der Waals surface area (Å²) in [6.07, 6.45) is -15.7. The lowest BCUT2D eigenvalue weighted by atomic mass is 9.94. The van der Waals surface area contributed by atoms with Crippen LogP contribution in [0.1, 0.15) is 0 Å². The van der Waals surface area contributed by atoms with E-state index in [1.54, 1.807) is 0 Å². The molecule has 0 fully saturated rings. The van der Waals surface area contributed by atoms with Gasteiger partial charge in [-0.1, -0.05) is 0 Å². The molecular formula is C16F26. The maximum atomic E-state index is 13.3. The van der Waals surface area contributed by atoms with E-state index in [2.05, 4.69) is 0 Å². The highest BCUT2D eigenvalue weighted by Gasteiger charge is 2.92. The van der Waals surface area contributed by atoms with Gasteiger partial charge in [-0.05, 0) is 23.7 Å². The molecule has 0 spiro atoms. The van der Waals surface area contributed by atoms with Crippen LogP contribution in [0.15, 0.2) is 0 Å². The Balaban J connectivity index is 6.72. The van der Waals surface area contributed by atoms with Crippen LogP contribution >= 0.6 is 0 Å². The van der Waals surface area contributed by atoms with Gasteiger partial charge in [0.25, 0.3) is 0 Å². The third-order valence-electron chi connectivity index (χ3n) is 4.37. The number of hydrogen-bond donors (Lipinski definition) is 0. The van der Waals surface area contributed by atoms with Gasteiger partial charge in [0.15, 0.2) is 0 Å². The molecule has 0 radical (unpaired) electrons. The molecule has 26 heteroatoms. The Hall–Kier alpha value is -2.70. The van der Waals surface area contributed by atoms with E-state index in [4.69, 9.17) is 0 Å². The zero-order valence-corrected chi connectivity index (χ0v) is 17.8. The van der Waals surface area contributed by atoms with E-state index < -0.39 is 95.3 Å². The topological polar surface area (TPSA) is 0 Å². The van der Waals surface area contributed by atoms with E-state index in [0.717, 1.165) is 0 Å². The molecule has 0 rings (SSSR count). The van der Waals surface area contributed by atoms with Gasteiger partial charge in [-0.3, -0.25) is 0 Å². The molecular weight excluding hydrogens is 686 g/mol. The van der Waals surface area contributed by atoms with Crippen LogP contribution < -0.4 is 0 Å². The molecule has 0 aromatic heterocycles. The van der Waals surface area contributed by atoms with Crippen molar-refractivity contribution >= 4 is 0 Å². The maximum absolute atomic E-state index is 13.3. The molecule has 0 aliphatic carbocycles. The SMILES string of the molecule is FC(F)(F)C(F)(F)C(F)(F)C(F)(F)C(F)(F)C(F)(F)C#CC#CC(F)(F)C(F)(F)C(F)(F)C(F)(F)C(F)(F)C(F)(F)F. The fraction of sp³-hybridized carbons (Fsp3) is 0.750. The predicted octanol–water partition coefficient (Wildman–Crippen LogP) is 8.47. The molecule has 0 saturated carbocycles. The van der Waals surface area contributed by atoms with Crippen molar-refractivity contribution in [3.63, 3.8) is 0 Å². The van der Waals surface area contributed by atoms with Crippen molar-refractivity contribution in [2.24, 2.45) is 0 Å². The maximum Gasteiger partial charge on any atom is 0.460 e. The Morgan fingerprint density at radius 3 is 0.548 bits per heavy atom. The summed E-state index contributed by atoms with van der Waals surface area (Å²) in [6.45, 7) is 0. The van der Waals surface area contributed by atoms with E-state index in [0.29, 0.717) is 0 Å². The molecule has 0 saturated heterocycles. The lowest BCUT2D eigenvalue weighted by Crippen LogP contribution is -2.69. The molecule has 0 heterocycles. The summed E-state index contributed by atoms with van der Waals surface area (Å²) in [5.74, 6) is -84.3. The average Bonchev–Trinajstić information content (AvgIpc) is 2.74. The highest BCUT2D eigenvalue weighted by molar-refractivity contribution is 5.35. The summed E-state index contributed by atoms with van der Waals surface area (Å²) in [4.78, 5) is 0. The molecule has 246 valence electrons. The van der Waals surface area contributed by atoms with Crippen molar-refractivity contribution in [2.75, 3.05) is 0 Å². The molecule has 0 aliphatic rings. The van der Waals surface area contributed by atoms with Crippen LogP contribution in [0, 0.1) is 23.7 Å². The summed E-state index contributed by atoms with van der Waals surface area (Å²) in [5.41, 5.74) is 0. The molecule has 42 heavy (non-hydrogen) atoms. The largest absolute Gasteiger partial charge is 0.460 e. The molecule has 0 atom stereocenters. The number of rotatable bonds is 8. The minimum atomic E-state index is -8.50. The second kappa shape index (κ2) is 9.92. The van der Waals surface area contributed by atoms with Gasteiger partial charge < -0.3 is 0 Å². The van der Waals surface area contributed by atoms with Crippen molar-refractivity contribution in [3.8, 4) is 23.7 Å². The van der Waals surface area contributed by atoms with Gasteiger partial charge in [-0.2, -0.15) is 114 Å². The van der Waals surface area contributed by atoms with Crippen molar-refractivity contribution in [3.05, 3.63) is 0 Å². The second-order valence-electron chi connectivity index (χ2n) is 7.24. The third kappa shape index (κ3) is 5.30. The first-order valence-electron chi connectivity index (χ1n) is 8.66. The Kier molecular flexibility index (Phi) is 9.28. The normalized spacial score (nSPS) is 16.0. The number of halogens is 26. The first kappa shape index (κ1) is 39.3. The van der Waals surface area contributed by atoms with Crippen LogP contribution in [-0.4, -0.2) is 71.6 Å². The Morgan fingerprint density at radius 1 is 0.214 bits per heavy atom. The minimum Gasteiger partial charge on any atom is -0.192 e. The van der Waals surface area contributed by atoms with Gasteiger partial charge in [0.2, 0.25) is 0 Å². The highest BCUT2D eigenvalue weighted by Crippen LogP contribution is 2.61. The molecule has 0 aromatic carbocycles. The average molecular weight is 686 g/mol. The van der Waals surface area contributed by atoms with E-state index >= 15 is 0 Å². The van der Waals surface area contributed by atoms with Crippen molar-refractivity contribution in [1.82, 2.24) is 0 Å². The minimum absolute atomic E-state index is 0.406. The van der Waals surface area contributed by atoms with Crippen LogP contribution in [-0.2, 0) is 0 Å². The second-order valence-corrected chi connectivity index (χ2v) is 7.24. The van der Waals surface area contributed by atoms with E-state index in [9.17, 15) is 114 Å². The van der Waals surface area contributed by atoms with Crippen LogP contribution in [0.25, 0.3) is 0 Å². The predicted molar refractivity (Wildman–Crippen MR) is 77.1 cm³/mol. The van der Waals surface area contributed by atoms with Gasteiger partial charge >= 0.3 is 71.6 Å². The van der Waals surface area contributed by atoms with Crippen LogP contribution in [0.2, 0.25) is 0 Å². The fourth-order valence-corrected chi connectivity index (χ4v) is 1.92. The van der Waals surface area contributed by atoms with Gasteiger partial charge in [-0.25, -0.2) is 0 Å².